The molecule has 152 valence electrons. The smallest absolute Gasteiger partial charge is 0.387 e. The molecule has 0 saturated heterocycles. The van der Waals surface area contributed by atoms with Crippen LogP contribution in [0.2, 0.25) is 5.02 Å². The molecule has 0 spiro atoms. The van der Waals surface area contributed by atoms with Crippen molar-refractivity contribution in [2.24, 2.45) is 11.8 Å². The van der Waals surface area contributed by atoms with Gasteiger partial charge in [-0.1, -0.05) is 57.0 Å². The van der Waals surface area contributed by atoms with Crippen LogP contribution < -0.4 is 4.74 Å². The summed E-state index contributed by atoms with van der Waals surface area (Å²) in [5.74, 6) is 2.05. The maximum Gasteiger partial charge on any atom is 0.387 e. The summed E-state index contributed by atoms with van der Waals surface area (Å²) in [6.07, 6.45) is 13.7. The van der Waals surface area contributed by atoms with Gasteiger partial charge in [0, 0.05) is 17.4 Å². The van der Waals surface area contributed by atoms with Gasteiger partial charge in [-0.3, -0.25) is 0 Å². The Morgan fingerprint density at radius 2 is 1.71 bits per heavy atom. The van der Waals surface area contributed by atoms with Crippen molar-refractivity contribution in [2.75, 3.05) is 0 Å². The van der Waals surface area contributed by atoms with E-state index in [1.54, 1.807) is 24.5 Å². The molecule has 0 atom stereocenters. The van der Waals surface area contributed by atoms with Gasteiger partial charge >= 0.3 is 6.61 Å². The average molecular weight is 409 g/mol. The fraction of sp³-hybridized carbons (Fsp3) is 0.545. The van der Waals surface area contributed by atoms with Crippen molar-refractivity contribution in [1.29, 1.82) is 0 Å². The molecule has 1 saturated carbocycles. The Labute approximate surface area is 170 Å². The molecule has 0 amide bonds. The third-order valence-electron chi connectivity index (χ3n) is 5.61. The summed E-state index contributed by atoms with van der Waals surface area (Å²) in [5.41, 5.74) is 1.48. The third kappa shape index (κ3) is 5.87. The van der Waals surface area contributed by atoms with Gasteiger partial charge in [0.25, 0.3) is 0 Å². The van der Waals surface area contributed by atoms with Crippen molar-refractivity contribution in [2.45, 2.75) is 64.9 Å². The zero-order valence-corrected chi connectivity index (χ0v) is 17.0. The van der Waals surface area contributed by atoms with Crippen LogP contribution in [0.4, 0.5) is 8.78 Å². The van der Waals surface area contributed by atoms with Gasteiger partial charge in [-0.15, -0.1) is 0 Å². The molecule has 1 fully saturated rings. The van der Waals surface area contributed by atoms with E-state index in [0.29, 0.717) is 16.4 Å². The lowest BCUT2D eigenvalue weighted by Gasteiger charge is -2.28. The van der Waals surface area contributed by atoms with E-state index in [0.717, 1.165) is 30.2 Å². The first-order chi connectivity index (χ1) is 13.5. The van der Waals surface area contributed by atoms with E-state index in [-0.39, 0.29) is 5.75 Å². The van der Waals surface area contributed by atoms with Crippen molar-refractivity contribution in [3.63, 3.8) is 0 Å². The number of aryl methyl sites for hydroxylation is 1. The van der Waals surface area contributed by atoms with E-state index >= 15 is 0 Å². The van der Waals surface area contributed by atoms with E-state index in [1.807, 2.05) is 0 Å². The molecule has 3 rings (SSSR count). The molecular weight excluding hydrogens is 382 g/mol. The summed E-state index contributed by atoms with van der Waals surface area (Å²) < 4.78 is 29.9. The average Bonchev–Trinajstić information content (AvgIpc) is 2.68. The number of nitrogens with zero attached hydrogens (tertiary/aromatic N) is 2. The Hall–Kier alpha value is -1.75. The molecule has 2 aromatic rings. The van der Waals surface area contributed by atoms with E-state index in [1.165, 1.54) is 44.6 Å². The van der Waals surface area contributed by atoms with Crippen molar-refractivity contribution < 1.29 is 13.5 Å². The molecule has 1 heterocycles. The fourth-order valence-corrected chi connectivity index (χ4v) is 4.25. The Kier molecular flexibility index (Phi) is 7.60. The topological polar surface area (TPSA) is 35.0 Å². The Bertz CT molecular complexity index is 747. The second kappa shape index (κ2) is 10.1. The van der Waals surface area contributed by atoms with Crippen molar-refractivity contribution in [3.05, 3.63) is 41.2 Å². The van der Waals surface area contributed by atoms with Gasteiger partial charge in [-0.25, -0.2) is 9.97 Å². The number of hydrogen-bond acceptors (Lipinski definition) is 3. The highest BCUT2D eigenvalue weighted by atomic mass is 35.5. The summed E-state index contributed by atoms with van der Waals surface area (Å²) in [6, 6.07) is 4.57. The Morgan fingerprint density at radius 1 is 1.07 bits per heavy atom. The quantitative estimate of drug-likeness (QED) is 0.474. The summed E-state index contributed by atoms with van der Waals surface area (Å²) in [4.78, 5) is 8.74. The molecule has 1 aromatic heterocycles. The third-order valence-corrected chi connectivity index (χ3v) is 5.85. The van der Waals surface area contributed by atoms with Crippen LogP contribution in [0.25, 0.3) is 11.4 Å². The fourth-order valence-electron chi connectivity index (χ4n) is 4.09. The number of hydrogen-bond donors (Lipinski definition) is 0. The maximum absolute atomic E-state index is 12.7. The molecule has 1 aliphatic rings. The van der Waals surface area contributed by atoms with Gasteiger partial charge in [-0.05, 0) is 48.4 Å². The van der Waals surface area contributed by atoms with Crippen molar-refractivity contribution in [1.82, 2.24) is 9.97 Å². The van der Waals surface area contributed by atoms with Gasteiger partial charge in [0.1, 0.15) is 5.75 Å². The number of benzene rings is 1. The van der Waals surface area contributed by atoms with Crippen LogP contribution in [-0.2, 0) is 6.42 Å². The van der Waals surface area contributed by atoms with E-state index in [9.17, 15) is 8.78 Å². The molecular formula is C22H27ClF2N2O. The van der Waals surface area contributed by atoms with E-state index < -0.39 is 6.61 Å². The second-order valence-corrected chi connectivity index (χ2v) is 8.08. The van der Waals surface area contributed by atoms with Crippen LogP contribution in [0.5, 0.6) is 5.75 Å². The highest BCUT2D eigenvalue weighted by molar-refractivity contribution is 6.30. The number of alkyl halides is 2. The summed E-state index contributed by atoms with van der Waals surface area (Å²) in [6.45, 7) is -0.661. The van der Waals surface area contributed by atoms with Gasteiger partial charge in [0.15, 0.2) is 5.82 Å². The van der Waals surface area contributed by atoms with Crippen molar-refractivity contribution in [3.8, 4) is 17.1 Å². The lowest BCUT2D eigenvalue weighted by Crippen LogP contribution is -2.15. The highest BCUT2D eigenvalue weighted by Gasteiger charge is 2.20. The molecule has 0 aliphatic heterocycles. The first kappa shape index (κ1) is 21.0. The minimum atomic E-state index is -2.93. The Balaban J connectivity index is 1.59. The molecule has 1 aliphatic carbocycles. The lowest BCUT2D eigenvalue weighted by atomic mass is 9.78. The molecule has 0 radical (unpaired) electrons. The van der Waals surface area contributed by atoms with Crippen LogP contribution >= 0.6 is 11.6 Å². The first-order valence-electron chi connectivity index (χ1n) is 10.1. The Morgan fingerprint density at radius 3 is 2.32 bits per heavy atom. The summed E-state index contributed by atoms with van der Waals surface area (Å²) in [7, 11) is 0. The van der Waals surface area contributed by atoms with Gasteiger partial charge in [0.2, 0.25) is 0 Å². The van der Waals surface area contributed by atoms with Gasteiger partial charge in [0.05, 0.1) is 5.56 Å². The van der Waals surface area contributed by atoms with Crippen LogP contribution in [0, 0.1) is 11.8 Å². The molecule has 0 unspecified atom stereocenters. The summed E-state index contributed by atoms with van der Waals surface area (Å²) >= 11 is 5.89. The van der Waals surface area contributed by atoms with Crippen LogP contribution in [-0.4, -0.2) is 16.6 Å². The number of rotatable bonds is 8. The van der Waals surface area contributed by atoms with Crippen molar-refractivity contribution >= 4 is 11.6 Å². The predicted octanol–water partition coefficient (Wildman–Crippen LogP) is 6.94. The number of aromatic nitrogens is 2. The largest absolute Gasteiger partial charge is 0.434 e. The normalized spacial score (nSPS) is 19.8. The zero-order valence-electron chi connectivity index (χ0n) is 16.2. The monoisotopic (exact) mass is 408 g/mol. The molecule has 1 aromatic carbocycles. The van der Waals surface area contributed by atoms with Crippen LogP contribution in [0.15, 0.2) is 30.6 Å². The number of ether oxygens (including phenoxy) is 1. The number of halogens is 3. The molecule has 28 heavy (non-hydrogen) atoms. The van der Waals surface area contributed by atoms with E-state index in [2.05, 4.69) is 21.6 Å². The second-order valence-electron chi connectivity index (χ2n) is 7.65. The first-order valence-corrected chi connectivity index (χ1v) is 10.5. The zero-order chi connectivity index (χ0) is 19.9. The SMILES string of the molecule is CCCC1CCC(CCc2cnc(-c3ccc(Cl)cc3OC(F)F)nc2)CC1. The predicted molar refractivity (Wildman–Crippen MR) is 108 cm³/mol. The van der Waals surface area contributed by atoms with E-state index in [4.69, 9.17) is 11.6 Å². The molecule has 0 N–H and O–H groups in total. The standard InChI is InChI=1S/C22H27ClF2N2O/c1-2-3-15-4-6-16(7-5-15)8-9-17-13-26-21(27-14-17)19-11-10-18(23)12-20(19)28-22(24)25/h10-16,22H,2-9H2,1H3. The molecule has 0 bridgehead atoms. The van der Waals surface area contributed by atoms with Crippen LogP contribution in [0.3, 0.4) is 0 Å². The molecule has 6 heteroatoms. The van der Waals surface area contributed by atoms with Crippen LogP contribution in [0.1, 0.15) is 57.4 Å². The highest BCUT2D eigenvalue weighted by Crippen LogP contribution is 2.34. The lowest BCUT2D eigenvalue weighted by molar-refractivity contribution is -0.0494. The van der Waals surface area contributed by atoms with Gasteiger partial charge < -0.3 is 4.74 Å². The van der Waals surface area contributed by atoms with Gasteiger partial charge in [-0.2, -0.15) is 8.78 Å². The molecule has 3 nitrogen and oxygen atoms in total. The minimum absolute atomic E-state index is 0.0147. The minimum Gasteiger partial charge on any atom is -0.434 e. The summed E-state index contributed by atoms with van der Waals surface area (Å²) in [5, 5.41) is 0.324. The maximum atomic E-state index is 12.7.